The van der Waals surface area contributed by atoms with Crippen molar-refractivity contribution in [1.29, 1.82) is 0 Å². The summed E-state index contributed by atoms with van der Waals surface area (Å²) in [4.78, 5) is 0. The highest BCUT2D eigenvalue weighted by Crippen LogP contribution is 2.31. The van der Waals surface area contributed by atoms with E-state index >= 15 is 0 Å². The highest BCUT2D eigenvalue weighted by molar-refractivity contribution is 8.00. The van der Waals surface area contributed by atoms with Crippen molar-refractivity contribution in [2.75, 3.05) is 6.26 Å². The van der Waals surface area contributed by atoms with Crippen LogP contribution in [0.4, 0.5) is 4.39 Å². The molecule has 0 aliphatic rings. The van der Waals surface area contributed by atoms with Gasteiger partial charge in [-0.15, -0.1) is 23.1 Å². The molecule has 0 unspecified atom stereocenters. The first-order chi connectivity index (χ1) is 5.79. The molecule has 0 N–H and O–H groups in total. The first-order valence-corrected chi connectivity index (χ1v) is 5.57. The molecule has 2 aromatic rings. The smallest absolute Gasteiger partial charge is 0.124 e. The van der Waals surface area contributed by atoms with Gasteiger partial charge in [0.2, 0.25) is 0 Å². The maximum Gasteiger partial charge on any atom is 0.124 e. The lowest BCUT2D eigenvalue weighted by Crippen LogP contribution is -1.68. The van der Waals surface area contributed by atoms with Gasteiger partial charge in [-0.1, -0.05) is 6.07 Å². The summed E-state index contributed by atoms with van der Waals surface area (Å²) < 4.78 is 15.0. The number of fused-ring (bicyclic) bond motifs is 1. The summed E-state index contributed by atoms with van der Waals surface area (Å²) in [6.45, 7) is 0. The topological polar surface area (TPSA) is 0 Å². The molecule has 0 nitrogen and oxygen atoms in total. The van der Waals surface area contributed by atoms with Crippen molar-refractivity contribution in [3.63, 3.8) is 0 Å². The van der Waals surface area contributed by atoms with E-state index in [-0.39, 0.29) is 5.82 Å². The lowest BCUT2D eigenvalue weighted by Gasteiger charge is -1.86. The van der Waals surface area contributed by atoms with Crippen LogP contribution in [0, 0.1) is 5.82 Å². The van der Waals surface area contributed by atoms with Gasteiger partial charge in [-0.25, -0.2) is 4.39 Å². The molecule has 0 bridgehead atoms. The molecule has 1 aromatic heterocycles. The number of rotatable bonds is 1. The normalized spacial score (nSPS) is 10.8. The van der Waals surface area contributed by atoms with Crippen molar-refractivity contribution in [2.24, 2.45) is 0 Å². The zero-order valence-corrected chi connectivity index (χ0v) is 8.14. The monoisotopic (exact) mass is 198 g/mol. The summed E-state index contributed by atoms with van der Waals surface area (Å²) >= 11 is 3.33. The Hall–Kier alpha value is -0.540. The molecule has 0 amide bonds. The minimum Gasteiger partial charge on any atom is -0.207 e. The van der Waals surface area contributed by atoms with Gasteiger partial charge in [0.1, 0.15) is 5.82 Å². The minimum atomic E-state index is -0.156. The Morgan fingerprint density at radius 2 is 2.17 bits per heavy atom. The Bertz CT molecular complexity index is 406. The van der Waals surface area contributed by atoms with Crippen LogP contribution >= 0.6 is 23.1 Å². The molecule has 0 saturated heterocycles. The number of hydrogen-bond donors (Lipinski definition) is 0. The van der Waals surface area contributed by atoms with Gasteiger partial charge in [0.15, 0.2) is 0 Å². The molecule has 62 valence electrons. The Kier molecular flexibility index (Phi) is 2.07. The molecule has 0 aliphatic carbocycles. The first-order valence-electron chi connectivity index (χ1n) is 3.52. The fourth-order valence-electron chi connectivity index (χ4n) is 1.08. The lowest BCUT2D eigenvalue weighted by atomic mass is 10.3. The number of halogens is 1. The van der Waals surface area contributed by atoms with Gasteiger partial charge in [-0.3, -0.25) is 0 Å². The van der Waals surface area contributed by atoms with E-state index in [1.54, 1.807) is 29.2 Å². The van der Waals surface area contributed by atoms with E-state index < -0.39 is 0 Å². The number of hydrogen-bond acceptors (Lipinski definition) is 2. The van der Waals surface area contributed by atoms with Crippen LogP contribution in [0.1, 0.15) is 0 Å². The minimum absolute atomic E-state index is 0.156. The Balaban J connectivity index is 2.67. The van der Waals surface area contributed by atoms with Gasteiger partial charge in [0, 0.05) is 4.70 Å². The van der Waals surface area contributed by atoms with Crippen molar-refractivity contribution in [1.82, 2.24) is 0 Å². The van der Waals surface area contributed by atoms with Crippen LogP contribution in [0.15, 0.2) is 28.5 Å². The SMILES string of the molecule is CSc1cc2ccc(F)cc2s1. The largest absolute Gasteiger partial charge is 0.207 e. The molecule has 1 heterocycles. The van der Waals surface area contributed by atoms with E-state index in [9.17, 15) is 4.39 Å². The van der Waals surface area contributed by atoms with Crippen LogP contribution in [-0.2, 0) is 0 Å². The fourth-order valence-corrected chi connectivity index (χ4v) is 2.75. The molecule has 0 aliphatic heterocycles. The third-order valence-corrected chi connectivity index (χ3v) is 3.82. The molecule has 3 heteroatoms. The van der Waals surface area contributed by atoms with Crippen molar-refractivity contribution in [3.05, 3.63) is 30.1 Å². The molecule has 0 saturated carbocycles. The quantitative estimate of drug-likeness (QED) is 0.629. The van der Waals surface area contributed by atoms with Crippen molar-refractivity contribution >= 4 is 33.2 Å². The van der Waals surface area contributed by atoms with Crippen molar-refractivity contribution < 1.29 is 4.39 Å². The second-order valence-electron chi connectivity index (χ2n) is 2.45. The number of thiophene rings is 1. The summed E-state index contributed by atoms with van der Waals surface area (Å²) in [6.07, 6.45) is 2.03. The molecular weight excluding hydrogens is 191 g/mol. The summed E-state index contributed by atoms with van der Waals surface area (Å²) in [6, 6.07) is 6.99. The third-order valence-electron chi connectivity index (χ3n) is 1.66. The lowest BCUT2D eigenvalue weighted by molar-refractivity contribution is 0.630. The van der Waals surface area contributed by atoms with Gasteiger partial charge < -0.3 is 0 Å². The van der Waals surface area contributed by atoms with E-state index in [0.717, 1.165) is 10.1 Å². The zero-order chi connectivity index (χ0) is 8.55. The molecule has 1 aromatic carbocycles. The van der Waals surface area contributed by atoms with Crippen LogP contribution in [0.3, 0.4) is 0 Å². The van der Waals surface area contributed by atoms with E-state index in [1.165, 1.54) is 10.3 Å². The third kappa shape index (κ3) is 1.34. The zero-order valence-electron chi connectivity index (χ0n) is 6.50. The first kappa shape index (κ1) is 8.08. The maximum atomic E-state index is 12.7. The van der Waals surface area contributed by atoms with Gasteiger partial charge >= 0.3 is 0 Å². The van der Waals surface area contributed by atoms with Crippen molar-refractivity contribution in [2.45, 2.75) is 4.21 Å². The molecule has 0 spiro atoms. The predicted molar refractivity (Wildman–Crippen MR) is 53.6 cm³/mol. The Morgan fingerprint density at radius 3 is 2.92 bits per heavy atom. The van der Waals surface area contributed by atoms with E-state index in [2.05, 4.69) is 6.07 Å². The number of benzene rings is 1. The van der Waals surface area contributed by atoms with Crippen LogP contribution in [0.5, 0.6) is 0 Å². The number of thioether (sulfide) groups is 1. The molecule has 12 heavy (non-hydrogen) atoms. The van der Waals surface area contributed by atoms with Gasteiger partial charge in [-0.2, -0.15) is 0 Å². The summed E-state index contributed by atoms with van der Waals surface area (Å²) in [5.74, 6) is -0.156. The molecule has 0 fully saturated rings. The second-order valence-corrected chi connectivity index (χ2v) is 4.64. The maximum absolute atomic E-state index is 12.7. The summed E-state index contributed by atoms with van der Waals surface area (Å²) in [5, 5.41) is 1.13. The van der Waals surface area contributed by atoms with Crippen LogP contribution in [-0.4, -0.2) is 6.26 Å². The average molecular weight is 198 g/mol. The molecular formula is C9H7FS2. The van der Waals surface area contributed by atoms with E-state index in [4.69, 9.17) is 0 Å². The van der Waals surface area contributed by atoms with Crippen LogP contribution in [0.25, 0.3) is 10.1 Å². The molecule has 0 atom stereocenters. The summed E-state index contributed by atoms with van der Waals surface area (Å²) in [7, 11) is 0. The summed E-state index contributed by atoms with van der Waals surface area (Å²) in [5.41, 5.74) is 0. The van der Waals surface area contributed by atoms with Gasteiger partial charge in [0.25, 0.3) is 0 Å². The standard InChI is InChI=1S/C9H7FS2/c1-11-9-4-6-2-3-7(10)5-8(6)12-9/h2-5H,1H3. The van der Waals surface area contributed by atoms with Crippen molar-refractivity contribution in [3.8, 4) is 0 Å². The van der Waals surface area contributed by atoms with E-state index in [1.807, 2.05) is 12.3 Å². The second kappa shape index (κ2) is 3.07. The average Bonchev–Trinajstić information content (AvgIpc) is 2.46. The Labute approximate surface area is 78.4 Å². The van der Waals surface area contributed by atoms with Gasteiger partial charge in [-0.05, 0) is 29.8 Å². The molecule has 2 rings (SSSR count). The predicted octanol–water partition coefficient (Wildman–Crippen LogP) is 3.76. The van der Waals surface area contributed by atoms with Crippen LogP contribution in [0.2, 0.25) is 0 Å². The highest BCUT2D eigenvalue weighted by Gasteiger charge is 2.00. The van der Waals surface area contributed by atoms with Crippen LogP contribution < -0.4 is 0 Å². The Morgan fingerprint density at radius 1 is 1.33 bits per heavy atom. The molecule has 0 radical (unpaired) electrons. The highest BCUT2D eigenvalue weighted by atomic mass is 32.2. The van der Waals surface area contributed by atoms with Gasteiger partial charge in [0.05, 0.1) is 4.21 Å². The fraction of sp³-hybridized carbons (Fsp3) is 0.111. The van der Waals surface area contributed by atoms with E-state index in [0.29, 0.717) is 0 Å².